The van der Waals surface area contributed by atoms with E-state index in [1.54, 1.807) is 6.26 Å². The molecular formula is C12H15N3O. The van der Waals surface area contributed by atoms with Crippen molar-refractivity contribution in [2.75, 3.05) is 0 Å². The summed E-state index contributed by atoms with van der Waals surface area (Å²) in [5.41, 5.74) is 0. The van der Waals surface area contributed by atoms with Gasteiger partial charge in [0.1, 0.15) is 17.4 Å². The maximum Gasteiger partial charge on any atom is 0.140 e. The largest absolute Gasteiger partial charge is 0.469 e. The molecule has 1 aliphatic rings. The Balaban J connectivity index is 1.93. The van der Waals surface area contributed by atoms with Gasteiger partial charge < -0.3 is 8.98 Å². The normalized spacial score (nSPS) is 19.7. The Hall–Kier alpha value is -1.58. The fourth-order valence-electron chi connectivity index (χ4n) is 2.41. The van der Waals surface area contributed by atoms with Crippen LogP contribution in [-0.2, 0) is 12.8 Å². The Bertz CT molecular complexity index is 472. The number of aromatic nitrogens is 3. The molecule has 0 N–H and O–H groups in total. The van der Waals surface area contributed by atoms with E-state index in [1.807, 2.05) is 12.1 Å². The Labute approximate surface area is 94.3 Å². The average molecular weight is 217 g/mol. The van der Waals surface area contributed by atoms with E-state index in [4.69, 9.17) is 4.42 Å². The van der Waals surface area contributed by atoms with Gasteiger partial charge in [-0.2, -0.15) is 0 Å². The molecule has 3 rings (SSSR count). The van der Waals surface area contributed by atoms with E-state index in [9.17, 15) is 0 Å². The van der Waals surface area contributed by atoms with Crippen molar-refractivity contribution in [3.63, 3.8) is 0 Å². The number of fused-ring (bicyclic) bond motifs is 1. The third-order valence-corrected chi connectivity index (χ3v) is 3.21. The summed E-state index contributed by atoms with van der Waals surface area (Å²) in [6, 6.07) is 4.41. The lowest BCUT2D eigenvalue weighted by Crippen LogP contribution is -2.17. The van der Waals surface area contributed by atoms with Crippen molar-refractivity contribution in [2.24, 2.45) is 0 Å². The third kappa shape index (κ3) is 1.54. The maximum atomic E-state index is 5.35. The van der Waals surface area contributed by atoms with Crippen molar-refractivity contribution in [1.82, 2.24) is 14.8 Å². The zero-order chi connectivity index (χ0) is 11.0. The van der Waals surface area contributed by atoms with Crippen LogP contribution in [0, 0.1) is 0 Å². The van der Waals surface area contributed by atoms with Crippen LogP contribution in [-0.4, -0.2) is 14.8 Å². The molecule has 0 spiro atoms. The van der Waals surface area contributed by atoms with Gasteiger partial charge in [0.25, 0.3) is 0 Å². The molecule has 1 atom stereocenters. The van der Waals surface area contributed by atoms with Gasteiger partial charge in [0.05, 0.1) is 12.7 Å². The molecule has 4 heteroatoms. The Morgan fingerprint density at radius 3 is 3.25 bits per heavy atom. The van der Waals surface area contributed by atoms with E-state index >= 15 is 0 Å². The first kappa shape index (κ1) is 9.63. The highest BCUT2D eigenvalue weighted by atomic mass is 16.3. The lowest BCUT2D eigenvalue weighted by atomic mass is 10.1. The molecule has 16 heavy (non-hydrogen) atoms. The molecule has 2 aromatic rings. The Kier molecular flexibility index (Phi) is 2.27. The smallest absolute Gasteiger partial charge is 0.140 e. The summed E-state index contributed by atoms with van der Waals surface area (Å²) >= 11 is 0. The molecule has 1 aliphatic heterocycles. The van der Waals surface area contributed by atoms with Crippen molar-refractivity contribution in [1.29, 1.82) is 0 Å². The number of hydrogen-bond donors (Lipinski definition) is 0. The van der Waals surface area contributed by atoms with Gasteiger partial charge in [-0.05, 0) is 31.9 Å². The molecule has 4 nitrogen and oxygen atoms in total. The molecule has 0 saturated heterocycles. The highest BCUT2D eigenvalue weighted by molar-refractivity contribution is 5.10. The van der Waals surface area contributed by atoms with E-state index in [0.717, 1.165) is 30.3 Å². The van der Waals surface area contributed by atoms with Gasteiger partial charge in [0.15, 0.2) is 0 Å². The minimum Gasteiger partial charge on any atom is -0.469 e. The van der Waals surface area contributed by atoms with Gasteiger partial charge in [0.2, 0.25) is 0 Å². The molecule has 0 fully saturated rings. The minimum absolute atomic E-state index is 0.517. The Morgan fingerprint density at radius 1 is 1.50 bits per heavy atom. The predicted molar refractivity (Wildman–Crippen MR) is 59.2 cm³/mol. The second-order valence-electron chi connectivity index (χ2n) is 4.40. The number of aryl methyl sites for hydroxylation is 1. The molecule has 0 amide bonds. The van der Waals surface area contributed by atoms with Gasteiger partial charge in [0, 0.05) is 12.5 Å². The van der Waals surface area contributed by atoms with Crippen LogP contribution in [0.2, 0.25) is 0 Å². The van der Waals surface area contributed by atoms with Crippen LogP contribution in [0.3, 0.4) is 0 Å². The van der Waals surface area contributed by atoms with E-state index in [2.05, 4.69) is 21.7 Å². The van der Waals surface area contributed by atoms with Gasteiger partial charge in [-0.25, -0.2) is 0 Å². The molecule has 0 aromatic carbocycles. The monoisotopic (exact) mass is 217 g/mol. The quantitative estimate of drug-likeness (QED) is 0.775. The topological polar surface area (TPSA) is 43.9 Å². The molecule has 0 aliphatic carbocycles. The summed E-state index contributed by atoms with van der Waals surface area (Å²) in [6.07, 6.45) is 5.93. The molecule has 0 radical (unpaired) electrons. The first-order chi connectivity index (χ1) is 7.84. The first-order valence-electron chi connectivity index (χ1n) is 5.79. The lowest BCUT2D eigenvalue weighted by molar-refractivity contribution is 0.411. The molecule has 0 saturated carbocycles. The van der Waals surface area contributed by atoms with Crippen molar-refractivity contribution in [3.8, 4) is 0 Å². The molecule has 0 bridgehead atoms. The summed E-state index contributed by atoms with van der Waals surface area (Å²) in [4.78, 5) is 0. The fourth-order valence-corrected chi connectivity index (χ4v) is 2.41. The molecule has 84 valence electrons. The predicted octanol–water partition coefficient (Wildman–Crippen LogP) is 2.36. The maximum absolute atomic E-state index is 5.35. The van der Waals surface area contributed by atoms with Crippen molar-refractivity contribution >= 4 is 0 Å². The van der Waals surface area contributed by atoms with Gasteiger partial charge in [-0.3, -0.25) is 0 Å². The fraction of sp³-hybridized carbons (Fsp3) is 0.500. The van der Waals surface area contributed by atoms with Crippen LogP contribution < -0.4 is 0 Å². The molecule has 1 unspecified atom stereocenters. The van der Waals surface area contributed by atoms with Crippen LogP contribution in [0.4, 0.5) is 0 Å². The van der Waals surface area contributed by atoms with Gasteiger partial charge in [-0.15, -0.1) is 10.2 Å². The minimum atomic E-state index is 0.517. The van der Waals surface area contributed by atoms with Crippen LogP contribution in [0.5, 0.6) is 0 Å². The zero-order valence-corrected chi connectivity index (χ0v) is 9.39. The van der Waals surface area contributed by atoms with Crippen LogP contribution in [0.15, 0.2) is 22.8 Å². The van der Waals surface area contributed by atoms with Crippen LogP contribution in [0.25, 0.3) is 0 Å². The summed E-state index contributed by atoms with van der Waals surface area (Å²) in [5, 5.41) is 8.54. The summed E-state index contributed by atoms with van der Waals surface area (Å²) in [7, 11) is 0. The molecule has 3 heterocycles. The first-order valence-corrected chi connectivity index (χ1v) is 5.79. The van der Waals surface area contributed by atoms with E-state index in [0.29, 0.717) is 6.04 Å². The standard InChI is InChI=1S/C12H15N3O/c1-9-4-2-6-11-13-14-12(15(9)11)8-10-5-3-7-16-10/h3,5,7,9H,2,4,6,8H2,1H3. The summed E-state index contributed by atoms with van der Waals surface area (Å²) < 4.78 is 7.62. The summed E-state index contributed by atoms with van der Waals surface area (Å²) in [5.74, 6) is 3.10. The highest BCUT2D eigenvalue weighted by Crippen LogP contribution is 2.25. The van der Waals surface area contributed by atoms with Crippen LogP contribution >= 0.6 is 0 Å². The van der Waals surface area contributed by atoms with Crippen molar-refractivity contribution in [2.45, 2.75) is 38.6 Å². The number of rotatable bonds is 2. The second kappa shape index (κ2) is 3.77. The Morgan fingerprint density at radius 2 is 2.44 bits per heavy atom. The van der Waals surface area contributed by atoms with Crippen LogP contribution in [0.1, 0.15) is 43.2 Å². The SMILES string of the molecule is CC1CCCc2nnc(Cc3ccco3)n21. The van der Waals surface area contributed by atoms with Crippen molar-refractivity contribution in [3.05, 3.63) is 35.8 Å². The second-order valence-corrected chi connectivity index (χ2v) is 4.40. The van der Waals surface area contributed by atoms with E-state index in [-0.39, 0.29) is 0 Å². The number of nitrogens with zero attached hydrogens (tertiary/aromatic N) is 3. The highest BCUT2D eigenvalue weighted by Gasteiger charge is 2.21. The number of furan rings is 1. The lowest BCUT2D eigenvalue weighted by Gasteiger charge is -2.22. The molecular weight excluding hydrogens is 202 g/mol. The molecule has 2 aromatic heterocycles. The van der Waals surface area contributed by atoms with Gasteiger partial charge >= 0.3 is 0 Å². The van der Waals surface area contributed by atoms with Gasteiger partial charge in [-0.1, -0.05) is 0 Å². The third-order valence-electron chi connectivity index (χ3n) is 3.21. The average Bonchev–Trinajstić information content (AvgIpc) is 2.90. The zero-order valence-electron chi connectivity index (χ0n) is 9.39. The van der Waals surface area contributed by atoms with Crippen molar-refractivity contribution < 1.29 is 4.42 Å². The van der Waals surface area contributed by atoms with E-state index < -0.39 is 0 Å². The van der Waals surface area contributed by atoms with E-state index in [1.165, 1.54) is 12.8 Å². The summed E-state index contributed by atoms with van der Waals surface area (Å²) in [6.45, 7) is 2.23. The number of hydrogen-bond acceptors (Lipinski definition) is 3.